The van der Waals surface area contributed by atoms with Crippen LogP contribution in [0.5, 0.6) is 0 Å². The van der Waals surface area contributed by atoms with Crippen molar-refractivity contribution in [3.05, 3.63) is 90.0 Å². The van der Waals surface area contributed by atoms with Crippen molar-refractivity contribution >= 4 is 28.9 Å². The SMILES string of the molecule is CC(C(=O)NC(=S)Nc1cccc(F)c1)c1ccc(-c2ccccc2)c(F)c1. The molecule has 0 spiro atoms. The van der Waals surface area contributed by atoms with Gasteiger partial charge in [0.2, 0.25) is 5.91 Å². The summed E-state index contributed by atoms with van der Waals surface area (Å²) in [6, 6.07) is 19.7. The number of rotatable bonds is 4. The fourth-order valence-electron chi connectivity index (χ4n) is 2.75. The van der Waals surface area contributed by atoms with Crippen LogP contribution in [-0.4, -0.2) is 11.0 Å². The fraction of sp³-hybridized carbons (Fsp3) is 0.0909. The fourth-order valence-corrected chi connectivity index (χ4v) is 2.97. The van der Waals surface area contributed by atoms with Gasteiger partial charge in [-0.05, 0) is 54.5 Å². The molecule has 6 heteroatoms. The topological polar surface area (TPSA) is 41.1 Å². The van der Waals surface area contributed by atoms with Gasteiger partial charge in [-0.1, -0.05) is 48.5 Å². The van der Waals surface area contributed by atoms with Gasteiger partial charge in [0.25, 0.3) is 0 Å². The van der Waals surface area contributed by atoms with Crippen LogP contribution in [0, 0.1) is 11.6 Å². The lowest BCUT2D eigenvalue weighted by molar-refractivity contribution is -0.120. The van der Waals surface area contributed by atoms with Crippen LogP contribution in [-0.2, 0) is 4.79 Å². The van der Waals surface area contributed by atoms with Gasteiger partial charge in [-0.15, -0.1) is 0 Å². The Bertz CT molecular complexity index is 1010. The molecule has 1 atom stereocenters. The van der Waals surface area contributed by atoms with E-state index in [-0.39, 0.29) is 11.0 Å². The predicted octanol–water partition coefficient (Wildman–Crippen LogP) is 5.25. The lowest BCUT2D eigenvalue weighted by atomic mass is 9.96. The maximum atomic E-state index is 14.5. The van der Waals surface area contributed by atoms with Crippen LogP contribution in [0.3, 0.4) is 0 Å². The van der Waals surface area contributed by atoms with Gasteiger partial charge in [-0.25, -0.2) is 8.78 Å². The van der Waals surface area contributed by atoms with Gasteiger partial charge < -0.3 is 10.6 Å². The predicted molar refractivity (Wildman–Crippen MR) is 111 cm³/mol. The summed E-state index contributed by atoms with van der Waals surface area (Å²) in [6.45, 7) is 1.66. The molecule has 0 saturated heterocycles. The van der Waals surface area contributed by atoms with Crippen molar-refractivity contribution in [2.75, 3.05) is 5.32 Å². The average Bonchev–Trinajstić information content (AvgIpc) is 2.67. The molecule has 0 aliphatic carbocycles. The van der Waals surface area contributed by atoms with Crippen molar-refractivity contribution in [3.8, 4) is 11.1 Å². The molecule has 0 bridgehead atoms. The highest BCUT2D eigenvalue weighted by atomic mass is 32.1. The number of benzene rings is 3. The first-order valence-electron chi connectivity index (χ1n) is 8.66. The summed E-state index contributed by atoms with van der Waals surface area (Å²) in [6.07, 6.45) is 0. The molecule has 0 heterocycles. The van der Waals surface area contributed by atoms with Gasteiger partial charge in [0.05, 0.1) is 5.92 Å². The molecule has 1 unspecified atom stereocenters. The second-order valence-electron chi connectivity index (χ2n) is 6.28. The van der Waals surface area contributed by atoms with Crippen LogP contribution >= 0.6 is 12.2 Å². The number of carbonyl (C=O) groups excluding carboxylic acids is 1. The monoisotopic (exact) mass is 396 g/mol. The van der Waals surface area contributed by atoms with E-state index < -0.39 is 17.6 Å². The lowest BCUT2D eigenvalue weighted by Crippen LogP contribution is -2.36. The first-order valence-corrected chi connectivity index (χ1v) is 9.07. The number of hydrogen-bond acceptors (Lipinski definition) is 2. The van der Waals surface area contributed by atoms with Gasteiger partial charge in [-0.2, -0.15) is 0 Å². The Morgan fingerprint density at radius 1 is 0.964 bits per heavy atom. The van der Waals surface area contributed by atoms with Gasteiger partial charge in [0.1, 0.15) is 11.6 Å². The molecule has 3 nitrogen and oxygen atoms in total. The van der Waals surface area contributed by atoms with Gasteiger partial charge in [0.15, 0.2) is 5.11 Å². The van der Waals surface area contributed by atoms with E-state index in [9.17, 15) is 13.6 Å². The maximum absolute atomic E-state index is 14.5. The van der Waals surface area contributed by atoms with Crippen LogP contribution in [0.1, 0.15) is 18.4 Å². The van der Waals surface area contributed by atoms with Crippen molar-refractivity contribution in [2.24, 2.45) is 0 Å². The molecule has 3 rings (SSSR count). The van der Waals surface area contributed by atoms with Crippen LogP contribution in [0.25, 0.3) is 11.1 Å². The minimum absolute atomic E-state index is 0.0452. The Hall–Kier alpha value is -3.12. The number of halogens is 2. The zero-order valence-electron chi connectivity index (χ0n) is 15.1. The smallest absolute Gasteiger partial charge is 0.233 e. The van der Waals surface area contributed by atoms with E-state index in [2.05, 4.69) is 10.6 Å². The Labute approximate surface area is 167 Å². The van der Waals surface area contributed by atoms with Crippen molar-refractivity contribution in [1.82, 2.24) is 5.32 Å². The van der Waals surface area contributed by atoms with E-state index in [1.165, 1.54) is 24.3 Å². The van der Waals surface area contributed by atoms with Crippen LogP contribution in [0.4, 0.5) is 14.5 Å². The molecular formula is C22H18F2N2OS. The zero-order chi connectivity index (χ0) is 20.1. The molecule has 1 amide bonds. The normalized spacial score (nSPS) is 11.5. The molecule has 0 fully saturated rings. The molecule has 2 N–H and O–H groups in total. The molecule has 0 saturated carbocycles. The molecular weight excluding hydrogens is 378 g/mol. The highest BCUT2D eigenvalue weighted by Crippen LogP contribution is 2.26. The number of thiocarbonyl (C=S) groups is 1. The minimum Gasteiger partial charge on any atom is -0.332 e. The van der Waals surface area contributed by atoms with E-state index in [1.807, 2.05) is 30.3 Å². The van der Waals surface area contributed by atoms with Gasteiger partial charge >= 0.3 is 0 Å². The van der Waals surface area contributed by atoms with Crippen molar-refractivity contribution in [1.29, 1.82) is 0 Å². The molecule has 3 aromatic rings. The summed E-state index contributed by atoms with van der Waals surface area (Å²) < 4.78 is 27.8. The van der Waals surface area contributed by atoms with Gasteiger partial charge in [-0.3, -0.25) is 4.79 Å². The number of amides is 1. The standard InChI is InChI=1S/C22H18F2N2OS/c1-14(21(27)26-22(28)25-18-9-5-8-17(23)13-18)16-10-11-19(20(24)12-16)15-6-3-2-4-7-15/h2-14H,1H3,(H2,25,26,27,28). The average molecular weight is 396 g/mol. The summed E-state index contributed by atoms with van der Waals surface area (Å²) in [4.78, 5) is 12.4. The van der Waals surface area contributed by atoms with Crippen molar-refractivity contribution in [2.45, 2.75) is 12.8 Å². The molecule has 142 valence electrons. The zero-order valence-corrected chi connectivity index (χ0v) is 15.9. The third-order valence-electron chi connectivity index (χ3n) is 4.29. The maximum Gasteiger partial charge on any atom is 0.233 e. The number of carbonyl (C=O) groups is 1. The molecule has 3 aromatic carbocycles. The Morgan fingerprint density at radius 2 is 1.71 bits per heavy atom. The van der Waals surface area contributed by atoms with E-state index in [0.717, 1.165) is 5.56 Å². The summed E-state index contributed by atoms with van der Waals surface area (Å²) in [7, 11) is 0. The third-order valence-corrected chi connectivity index (χ3v) is 4.49. The van der Waals surface area contributed by atoms with E-state index in [0.29, 0.717) is 16.8 Å². The highest BCUT2D eigenvalue weighted by molar-refractivity contribution is 7.80. The summed E-state index contributed by atoms with van der Waals surface area (Å²) in [5.41, 5.74) is 2.20. The number of nitrogens with one attached hydrogen (secondary N) is 2. The largest absolute Gasteiger partial charge is 0.332 e. The lowest BCUT2D eigenvalue weighted by Gasteiger charge is -2.15. The second kappa shape index (κ2) is 8.71. The minimum atomic E-state index is -0.619. The van der Waals surface area contributed by atoms with Crippen LogP contribution in [0.15, 0.2) is 72.8 Å². The Kier molecular flexibility index (Phi) is 6.11. The quantitative estimate of drug-likeness (QED) is 0.592. The van der Waals surface area contributed by atoms with E-state index in [4.69, 9.17) is 12.2 Å². The van der Waals surface area contributed by atoms with E-state index in [1.54, 1.807) is 25.1 Å². The first-order chi connectivity index (χ1) is 13.4. The molecule has 0 aliphatic rings. The summed E-state index contributed by atoms with van der Waals surface area (Å²) >= 11 is 5.10. The van der Waals surface area contributed by atoms with Crippen LogP contribution < -0.4 is 10.6 Å². The first kappa shape index (κ1) is 19.6. The van der Waals surface area contributed by atoms with E-state index >= 15 is 0 Å². The number of anilines is 1. The summed E-state index contributed by atoms with van der Waals surface area (Å²) in [5, 5.41) is 5.34. The van der Waals surface area contributed by atoms with Crippen LogP contribution in [0.2, 0.25) is 0 Å². The highest BCUT2D eigenvalue weighted by Gasteiger charge is 2.18. The van der Waals surface area contributed by atoms with Gasteiger partial charge in [0, 0.05) is 11.3 Å². The van der Waals surface area contributed by atoms with Crippen molar-refractivity contribution < 1.29 is 13.6 Å². The third kappa shape index (κ3) is 4.78. The molecule has 0 aromatic heterocycles. The molecule has 28 heavy (non-hydrogen) atoms. The van der Waals surface area contributed by atoms with Crippen molar-refractivity contribution in [3.63, 3.8) is 0 Å². The second-order valence-corrected chi connectivity index (χ2v) is 6.69. The number of hydrogen-bond donors (Lipinski definition) is 2. The molecule has 0 radical (unpaired) electrons. The Balaban J connectivity index is 1.67. The summed E-state index contributed by atoms with van der Waals surface area (Å²) in [5.74, 6) is -1.82. The molecule has 0 aliphatic heterocycles. The Morgan fingerprint density at radius 3 is 2.39 bits per heavy atom.